The molecule has 2 aromatic rings. The average molecular weight is 125 g/mol. The van der Waals surface area contributed by atoms with Gasteiger partial charge in [-0.1, -0.05) is 11.4 Å². The fourth-order valence-corrected chi connectivity index (χ4v) is 0.718. The van der Waals surface area contributed by atoms with Gasteiger partial charge >= 0.3 is 18.9 Å². The number of nitrogens with zero attached hydrogens (tertiary/aromatic N) is 3. The second kappa shape index (κ2) is 2.87. The van der Waals surface area contributed by atoms with Gasteiger partial charge in [0, 0.05) is 5.52 Å². The number of pyridine rings is 1. The van der Waals surface area contributed by atoms with Crippen LogP contribution in [0.5, 0.6) is 0 Å². The van der Waals surface area contributed by atoms with Crippen LogP contribution in [0, 0.1) is 6.07 Å². The van der Waals surface area contributed by atoms with Crippen LogP contribution in [-0.2, 0) is 0 Å². The van der Waals surface area contributed by atoms with E-state index >= 15 is 0 Å². The molecule has 0 fully saturated rings. The summed E-state index contributed by atoms with van der Waals surface area (Å²) >= 11 is 0. The number of rotatable bonds is 0. The molecule has 0 aromatic carbocycles. The molecule has 0 atom stereocenters. The van der Waals surface area contributed by atoms with Crippen molar-refractivity contribution in [3.63, 3.8) is 0 Å². The van der Waals surface area contributed by atoms with Gasteiger partial charge < -0.3 is 0 Å². The summed E-state index contributed by atoms with van der Waals surface area (Å²) in [7, 11) is 0. The molecule has 0 aliphatic carbocycles. The topological polar surface area (TPSA) is 30.2 Å². The Hall–Kier alpha value is -0.783. The molecule has 44 valence electrons. The molecule has 4 heteroatoms. The molecule has 0 aliphatic rings. The fraction of sp³-hybridized carbons (Fsp3) is 0. The van der Waals surface area contributed by atoms with Gasteiger partial charge in [0.05, 0.1) is 6.20 Å². The van der Waals surface area contributed by atoms with E-state index in [0.717, 1.165) is 5.52 Å². The molecule has 2 heterocycles. The van der Waals surface area contributed by atoms with Crippen molar-refractivity contribution in [2.75, 3.05) is 0 Å². The van der Waals surface area contributed by atoms with Crippen LogP contribution in [0.3, 0.4) is 0 Å². The molecule has 0 bridgehead atoms. The first kappa shape index (κ1) is 7.33. The zero-order valence-electron chi connectivity index (χ0n) is 5.65. The van der Waals surface area contributed by atoms with E-state index in [1.54, 1.807) is 16.9 Å². The van der Waals surface area contributed by atoms with Crippen molar-refractivity contribution in [3.05, 3.63) is 30.6 Å². The third kappa shape index (κ3) is 1.06. The predicted octanol–water partition coefficient (Wildman–Crippen LogP) is -2.47. The zero-order valence-corrected chi connectivity index (χ0v) is 5.65. The van der Waals surface area contributed by atoms with Gasteiger partial charge in [0.2, 0.25) is 0 Å². The van der Waals surface area contributed by atoms with Crippen molar-refractivity contribution in [3.8, 4) is 0 Å². The van der Waals surface area contributed by atoms with Crippen molar-refractivity contribution in [1.29, 1.82) is 0 Å². The van der Waals surface area contributed by atoms with Crippen LogP contribution in [0.1, 0.15) is 0 Å². The maximum atomic E-state index is 3.75. The molecule has 0 saturated heterocycles. The van der Waals surface area contributed by atoms with Crippen LogP contribution in [-0.4, -0.2) is 14.8 Å². The normalized spacial score (nSPS) is 9.20. The van der Waals surface area contributed by atoms with Crippen LogP contribution in [0.15, 0.2) is 24.5 Å². The smallest absolute Gasteiger partial charge is 0.257 e. The van der Waals surface area contributed by atoms with Crippen molar-refractivity contribution in [2.24, 2.45) is 0 Å². The molecule has 10 heavy (non-hydrogen) atoms. The predicted molar refractivity (Wildman–Crippen MR) is 31.8 cm³/mol. The SMILES string of the molecule is [Li+].[c-]1ccc2cnnn2c1. The first-order valence-electron chi connectivity index (χ1n) is 2.63. The van der Waals surface area contributed by atoms with Gasteiger partial charge in [-0.3, -0.25) is 4.52 Å². The minimum Gasteiger partial charge on any atom is -0.257 e. The second-order valence-electron chi connectivity index (χ2n) is 1.73. The van der Waals surface area contributed by atoms with Crippen molar-refractivity contribution in [1.82, 2.24) is 14.8 Å². The van der Waals surface area contributed by atoms with E-state index in [-0.39, 0.29) is 18.9 Å². The number of fused-ring (bicyclic) bond motifs is 1. The summed E-state index contributed by atoms with van der Waals surface area (Å²) in [5.74, 6) is 0. The van der Waals surface area contributed by atoms with E-state index in [1.165, 1.54) is 0 Å². The number of hydrogen-bond acceptors (Lipinski definition) is 2. The summed E-state index contributed by atoms with van der Waals surface area (Å²) in [5, 5.41) is 7.45. The monoisotopic (exact) mass is 125 g/mol. The Morgan fingerprint density at radius 1 is 1.50 bits per heavy atom. The molecule has 0 radical (unpaired) electrons. The Bertz CT molecular complexity index is 287. The zero-order chi connectivity index (χ0) is 6.10. The molecular formula is C6H4LiN3. The molecule has 0 aliphatic heterocycles. The fourth-order valence-electron chi connectivity index (χ4n) is 0.718. The van der Waals surface area contributed by atoms with Gasteiger partial charge in [-0.25, -0.2) is 12.1 Å². The minimum absolute atomic E-state index is 0. The Morgan fingerprint density at radius 3 is 3.20 bits per heavy atom. The van der Waals surface area contributed by atoms with Crippen LogP contribution >= 0.6 is 0 Å². The average Bonchev–Trinajstić information content (AvgIpc) is 2.33. The van der Waals surface area contributed by atoms with E-state index in [0.29, 0.717) is 0 Å². The van der Waals surface area contributed by atoms with E-state index in [2.05, 4.69) is 16.4 Å². The Morgan fingerprint density at radius 2 is 2.40 bits per heavy atom. The van der Waals surface area contributed by atoms with Gasteiger partial charge in [-0.05, 0) is 0 Å². The molecule has 0 spiro atoms. The van der Waals surface area contributed by atoms with E-state index < -0.39 is 0 Å². The molecule has 2 rings (SSSR count). The summed E-state index contributed by atoms with van der Waals surface area (Å²) in [6.45, 7) is 0. The quantitative estimate of drug-likeness (QED) is 0.288. The Labute approximate surface area is 70.2 Å². The summed E-state index contributed by atoms with van der Waals surface area (Å²) < 4.78 is 1.67. The largest absolute Gasteiger partial charge is 1.00 e. The Kier molecular flexibility index (Phi) is 2.10. The van der Waals surface area contributed by atoms with Crippen LogP contribution in [0.4, 0.5) is 0 Å². The first-order valence-corrected chi connectivity index (χ1v) is 2.63. The molecular weight excluding hydrogens is 121 g/mol. The van der Waals surface area contributed by atoms with Crippen LogP contribution in [0.25, 0.3) is 5.52 Å². The summed E-state index contributed by atoms with van der Waals surface area (Å²) in [6.07, 6.45) is 3.44. The number of aromatic nitrogens is 3. The van der Waals surface area contributed by atoms with Crippen molar-refractivity contribution >= 4 is 5.52 Å². The van der Waals surface area contributed by atoms with Gasteiger partial charge in [0.15, 0.2) is 0 Å². The second-order valence-corrected chi connectivity index (χ2v) is 1.73. The molecule has 0 unspecified atom stereocenters. The maximum Gasteiger partial charge on any atom is 1.00 e. The summed E-state index contributed by atoms with van der Waals surface area (Å²) in [5.41, 5.74) is 0.994. The first-order chi connectivity index (χ1) is 4.47. The summed E-state index contributed by atoms with van der Waals surface area (Å²) in [6, 6.07) is 6.62. The van der Waals surface area contributed by atoms with Crippen molar-refractivity contribution < 1.29 is 18.9 Å². The third-order valence-corrected chi connectivity index (χ3v) is 1.15. The molecule has 0 saturated carbocycles. The molecule has 3 nitrogen and oxygen atoms in total. The van der Waals surface area contributed by atoms with Gasteiger partial charge in [-0.2, -0.15) is 6.07 Å². The van der Waals surface area contributed by atoms with Crippen molar-refractivity contribution in [2.45, 2.75) is 0 Å². The standard InChI is InChI=1S/C6H4N3.Li/c1-2-4-9-6(3-1)5-7-8-9;/h1,3-5H;/q-1;+1. The Balaban J connectivity index is 0.000000500. The van der Waals surface area contributed by atoms with Crippen LogP contribution in [0.2, 0.25) is 0 Å². The minimum atomic E-state index is 0. The van der Waals surface area contributed by atoms with Gasteiger partial charge in [0.25, 0.3) is 0 Å². The number of hydrogen-bond donors (Lipinski definition) is 0. The van der Waals surface area contributed by atoms with E-state index in [9.17, 15) is 0 Å². The van der Waals surface area contributed by atoms with E-state index in [4.69, 9.17) is 0 Å². The third-order valence-electron chi connectivity index (χ3n) is 1.15. The van der Waals surface area contributed by atoms with Gasteiger partial charge in [-0.15, -0.1) is 5.10 Å². The van der Waals surface area contributed by atoms with Crippen LogP contribution < -0.4 is 18.9 Å². The van der Waals surface area contributed by atoms with Gasteiger partial charge in [0.1, 0.15) is 0 Å². The summed E-state index contributed by atoms with van der Waals surface area (Å²) in [4.78, 5) is 0. The maximum absolute atomic E-state index is 3.75. The van der Waals surface area contributed by atoms with E-state index in [1.807, 2.05) is 12.1 Å². The molecule has 0 amide bonds. The molecule has 0 N–H and O–H groups in total. The molecule has 2 aromatic heterocycles.